The summed E-state index contributed by atoms with van der Waals surface area (Å²) < 4.78 is 42.5. The number of anilines is 1. The highest BCUT2D eigenvalue weighted by atomic mass is 35.5. The minimum Gasteiger partial charge on any atom is -0.404 e. The number of amides is 1. The zero-order chi connectivity index (χ0) is 24.6. The first-order valence-corrected chi connectivity index (χ1v) is 10.7. The number of halogens is 4. The van der Waals surface area contributed by atoms with Crippen molar-refractivity contribution in [1.82, 2.24) is 19.5 Å². The van der Waals surface area contributed by atoms with Crippen LogP contribution in [0.5, 0.6) is 5.75 Å². The van der Waals surface area contributed by atoms with Gasteiger partial charge in [0.15, 0.2) is 5.13 Å². The Morgan fingerprint density at radius 1 is 1.29 bits per heavy atom. The summed E-state index contributed by atoms with van der Waals surface area (Å²) in [6, 6.07) is 5.29. The molecule has 0 aliphatic carbocycles. The number of hydrogen-bond donors (Lipinski definition) is 2. The highest BCUT2D eigenvalue weighted by Gasteiger charge is 2.32. The van der Waals surface area contributed by atoms with Crippen LogP contribution >= 0.6 is 22.9 Å². The summed E-state index contributed by atoms with van der Waals surface area (Å²) in [4.78, 5) is 47.5. The summed E-state index contributed by atoms with van der Waals surface area (Å²) in [5.74, 6) is -1.08. The molecule has 3 heterocycles. The molecule has 0 fully saturated rings. The van der Waals surface area contributed by atoms with Crippen molar-refractivity contribution in [2.75, 3.05) is 5.32 Å². The van der Waals surface area contributed by atoms with Gasteiger partial charge in [0.25, 0.3) is 5.56 Å². The van der Waals surface area contributed by atoms with Crippen molar-refractivity contribution in [2.45, 2.75) is 12.8 Å². The summed E-state index contributed by atoms with van der Waals surface area (Å²) in [7, 11) is 1.30. The number of nitrogens with one attached hydrogen (secondary N) is 2. The molecule has 0 spiro atoms. The molecule has 2 N–H and O–H groups in total. The van der Waals surface area contributed by atoms with E-state index in [1.807, 2.05) is 0 Å². The molecule has 0 unspecified atom stereocenters. The van der Waals surface area contributed by atoms with Crippen LogP contribution in [-0.2, 0) is 18.3 Å². The fourth-order valence-electron chi connectivity index (χ4n) is 3.09. The lowest BCUT2D eigenvalue weighted by molar-refractivity contribution is -0.274. The number of pyridine rings is 1. The molecule has 0 aliphatic rings. The second-order valence-electron chi connectivity index (χ2n) is 6.94. The highest BCUT2D eigenvalue weighted by molar-refractivity contribution is 7.14. The molecular weight excluding hydrogens is 499 g/mol. The number of ether oxygens (including phenoxy) is 1. The third-order valence-electron chi connectivity index (χ3n) is 4.64. The molecule has 0 aliphatic heterocycles. The molecule has 1 aromatic carbocycles. The van der Waals surface area contributed by atoms with Gasteiger partial charge in [-0.1, -0.05) is 17.7 Å². The van der Waals surface area contributed by atoms with E-state index in [0.29, 0.717) is 16.8 Å². The van der Waals surface area contributed by atoms with Crippen LogP contribution in [0, 0.1) is 0 Å². The molecule has 9 nitrogen and oxygen atoms in total. The normalized spacial score (nSPS) is 11.6. The van der Waals surface area contributed by atoms with Gasteiger partial charge in [-0.2, -0.15) is 0 Å². The summed E-state index contributed by atoms with van der Waals surface area (Å²) in [5.41, 5.74) is -0.214. The number of hydrogen-bond acceptors (Lipinski definition) is 7. The topological polar surface area (TPSA) is 119 Å². The monoisotopic (exact) mass is 511 g/mol. The number of carbonyl (C=O) groups excluding carboxylic acids is 1. The van der Waals surface area contributed by atoms with Crippen molar-refractivity contribution < 1.29 is 22.7 Å². The number of fused-ring (bicyclic) bond motifs is 1. The summed E-state index contributed by atoms with van der Waals surface area (Å²) in [6.07, 6.45) is -3.75. The van der Waals surface area contributed by atoms with Gasteiger partial charge in [-0.25, -0.2) is 14.8 Å². The Kier molecular flexibility index (Phi) is 6.15. The number of H-pyrrole nitrogens is 1. The fraction of sp³-hybridized carbons (Fsp3) is 0.150. The van der Waals surface area contributed by atoms with Crippen molar-refractivity contribution in [3.63, 3.8) is 0 Å². The first-order valence-electron chi connectivity index (χ1n) is 9.40. The van der Waals surface area contributed by atoms with Gasteiger partial charge >= 0.3 is 12.1 Å². The Morgan fingerprint density at radius 3 is 2.79 bits per heavy atom. The van der Waals surface area contributed by atoms with Crippen molar-refractivity contribution in [2.24, 2.45) is 7.05 Å². The molecule has 0 bridgehead atoms. The number of benzene rings is 1. The van der Waals surface area contributed by atoms with Crippen molar-refractivity contribution >= 4 is 45.0 Å². The second-order valence-corrected chi connectivity index (χ2v) is 8.21. The molecule has 4 aromatic rings. The van der Waals surface area contributed by atoms with Crippen LogP contribution < -0.4 is 21.3 Å². The predicted octanol–water partition coefficient (Wildman–Crippen LogP) is 3.48. The van der Waals surface area contributed by atoms with Crippen LogP contribution in [-0.4, -0.2) is 31.8 Å². The number of rotatable bonds is 5. The Hall–Kier alpha value is -3.71. The number of aromatic nitrogens is 4. The first kappa shape index (κ1) is 23.4. The summed E-state index contributed by atoms with van der Waals surface area (Å²) >= 11 is 6.82. The molecular formula is C20H13ClF3N5O4S. The van der Waals surface area contributed by atoms with Crippen molar-refractivity contribution in [3.8, 4) is 17.0 Å². The average molecular weight is 512 g/mol. The minimum atomic E-state index is -4.91. The van der Waals surface area contributed by atoms with Gasteiger partial charge in [0.1, 0.15) is 11.4 Å². The summed E-state index contributed by atoms with van der Waals surface area (Å²) in [5, 5.41) is 4.20. The lowest BCUT2D eigenvalue weighted by Gasteiger charge is -2.11. The Balaban J connectivity index is 1.54. The van der Waals surface area contributed by atoms with Crippen molar-refractivity contribution in [3.05, 3.63) is 67.3 Å². The third-order valence-corrected chi connectivity index (χ3v) is 5.71. The lowest BCUT2D eigenvalue weighted by Crippen LogP contribution is -2.33. The number of carbonyl (C=O) groups is 1. The summed E-state index contributed by atoms with van der Waals surface area (Å²) in [6.45, 7) is 0. The van der Waals surface area contributed by atoms with Crippen LogP contribution in [0.3, 0.4) is 0 Å². The highest BCUT2D eigenvalue weighted by Crippen LogP contribution is 2.35. The van der Waals surface area contributed by atoms with E-state index in [1.54, 1.807) is 5.38 Å². The van der Waals surface area contributed by atoms with Crippen LogP contribution in [0.4, 0.5) is 18.3 Å². The van der Waals surface area contributed by atoms with Gasteiger partial charge in [-0.3, -0.25) is 19.1 Å². The van der Waals surface area contributed by atoms with Gasteiger partial charge in [-0.05, 0) is 23.8 Å². The molecule has 4 rings (SSSR count). The Morgan fingerprint density at radius 2 is 2.06 bits per heavy atom. The van der Waals surface area contributed by atoms with Crippen LogP contribution in [0.1, 0.15) is 5.56 Å². The standard InChI is InChI=1S/C20H13ClF3N5O4S/c1-29-17(31)15-10(4-5-25-16(15)28-19(29)32)7-14(30)27-18-26-12(8-34-18)9-2-3-11(21)13(6-9)33-20(22,23)24/h2-6,8H,7H2,1H3,(H,25,28,32)(H,26,27,30). The molecule has 0 radical (unpaired) electrons. The third kappa shape index (κ3) is 4.94. The zero-order valence-electron chi connectivity index (χ0n) is 17.1. The maximum Gasteiger partial charge on any atom is 0.573 e. The predicted molar refractivity (Wildman–Crippen MR) is 119 cm³/mol. The number of nitrogens with zero attached hydrogens (tertiary/aromatic N) is 3. The van der Waals surface area contributed by atoms with Crippen molar-refractivity contribution in [1.29, 1.82) is 0 Å². The van der Waals surface area contributed by atoms with E-state index in [2.05, 4.69) is 25.0 Å². The lowest BCUT2D eigenvalue weighted by atomic mass is 10.1. The van der Waals surface area contributed by atoms with E-state index in [-0.39, 0.29) is 27.6 Å². The molecule has 0 saturated carbocycles. The number of aromatic amines is 1. The molecule has 34 heavy (non-hydrogen) atoms. The molecule has 1 amide bonds. The van der Waals surface area contributed by atoms with E-state index >= 15 is 0 Å². The zero-order valence-corrected chi connectivity index (χ0v) is 18.6. The smallest absolute Gasteiger partial charge is 0.404 e. The quantitative estimate of drug-likeness (QED) is 0.423. The fourth-order valence-corrected chi connectivity index (χ4v) is 3.99. The van der Waals surface area contributed by atoms with Gasteiger partial charge < -0.3 is 10.1 Å². The van der Waals surface area contributed by atoms with Crippen LogP contribution in [0.2, 0.25) is 5.02 Å². The van der Waals surface area contributed by atoms with Gasteiger partial charge in [0.2, 0.25) is 5.91 Å². The largest absolute Gasteiger partial charge is 0.573 e. The second kappa shape index (κ2) is 8.91. The van der Waals surface area contributed by atoms with E-state index in [0.717, 1.165) is 22.0 Å². The van der Waals surface area contributed by atoms with Gasteiger partial charge in [0, 0.05) is 24.2 Å². The first-order chi connectivity index (χ1) is 16.0. The van der Waals surface area contributed by atoms with Crippen LogP contribution in [0.15, 0.2) is 45.4 Å². The van der Waals surface area contributed by atoms with E-state index in [4.69, 9.17) is 11.6 Å². The molecule has 176 valence electrons. The van der Waals surface area contributed by atoms with E-state index in [9.17, 15) is 27.6 Å². The SMILES string of the molecule is Cn1c(=O)[nH]c2nccc(CC(=O)Nc3nc(-c4ccc(Cl)c(OC(F)(F)F)c4)cs3)c2c1=O. The maximum absolute atomic E-state index is 12.6. The Bertz CT molecular complexity index is 1530. The number of alkyl halides is 3. The van der Waals surface area contributed by atoms with Crippen LogP contribution in [0.25, 0.3) is 22.3 Å². The van der Waals surface area contributed by atoms with E-state index in [1.165, 1.54) is 31.4 Å². The number of thiazole rings is 1. The van der Waals surface area contributed by atoms with Gasteiger partial charge in [0.05, 0.1) is 22.5 Å². The average Bonchev–Trinajstić information content (AvgIpc) is 3.21. The molecule has 0 atom stereocenters. The molecule has 14 heteroatoms. The minimum absolute atomic E-state index is 0.0644. The Labute approximate surface area is 196 Å². The molecule has 0 saturated heterocycles. The molecule has 3 aromatic heterocycles. The maximum atomic E-state index is 12.6. The van der Waals surface area contributed by atoms with E-state index < -0.39 is 29.3 Å². The van der Waals surface area contributed by atoms with Gasteiger partial charge in [-0.15, -0.1) is 24.5 Å².